The summed E-state index contributed by atoms with van der Waals surface area (Å²) in [5.41, 5.74) is 3.02. The highest BCUT2D eigenvalue weighted by atomic mass is 15.1. The van der Waals surface area contributed by atoms with E-state index in [-0.39, 0.29) is 0 Å². The summed E-state index contributed by atoms with van der Waals surface area (Å²) < 4.78 is 0. The Morgan fingerprint density at radius 1 is 1.21 bits per heavy atom. The largest absolute Gasteiger partial charge is 0.314 e. The molecule has 0 saturated carbocycles. The second-order valence-corrected chi connectivity index (χ2v) is 6.06. The van der Waals surface area contributed by atoms with Gasteiger partial charge in [0.05, 0.1) is 0 Å². The molecule has 0 radical (unpaired) electrons. The molecule has 1 fully saturated rings. The summed E-state index contributed by atoms with van der Waals surface area (Å²) in [6, 6.07) is 9.54. The summed E-state index contributed by atoms with van der Waals surface area (Å²) in [6.07, 6.45) is 2.39. The lowest BCUT2D eigenvalue weighted by molar-refractivity contribution is 0.194. The van der Waals surface area contributed by atoms with E-state index in [4.69, 9.17) is 0 Å². The fourth-order valence-corrected chi connectivity index (χ4v) is 2.92. The Bertz CT molecular complexity index is 389. The van der Waals surface area contributed by atoms with Crippen LogP contribution < -0.4 is 5.32 Å². The monoisotopic (exact) mass is 260 g/mol. The fraction of sp³-hybridized carbons (Fsp3) is 0.647. The Balaban J connectivity index is 2.03. The Labute approximate surface area is 118 Å². The maximum absolute atomic E-state index is 3.61. The third-order valence-electron chi connectivity index (χ3n) is 4.16. The molecule has 1 aliphatic rings. The molecule has 0 aromatic heterocycles. The Morgan fingerprint density at radius 3 is 2.68 bits per heavy atom. The van der Waals surface area contributed by atoms with Crippen LogP contribution in [-0.4, -0.2) is 30.6 Å². The minimum Gasteiger partial charge on any atom is -0.314 e. The molecule has 106 valence electrons. The minimum absolute atomic E-state index is 0.645. The van der Waals surface area contributed by atoms with E-state index in [1.165, 1.54) is 30.6 Å². The molecular weight excluding hydrogens is 232 g/mol. The maximum Gasteiger partial charge on any atom is 0.0236 e. The van der Waals surface area contributed by atoms with E-state index in [2.05, 4.69) is 55.3 Å². The first-order valence-corrected chi connectivity index (χ1v) is 7.71. The molecule has 2 rings (SSSR count). The molecule has 0 amide bonds. The van der Waals surface area contributed by atoms with Gasteiger partial charge in [-0.2, -0.15) is 0 Å². The van der Waals surface area contributed by atoms with Crippen molar-refractivity contribution in [2.45, 2.75) is 46.2 Å². The fourth-order valence-electron chi connectivity index (χ4n) is 2.92. The number of benzene rings is 1. The van der Waals surface area contributed by atoms with Gasteiger partial charge in [0.25, 0.3) is 0 Å². The Hall–Kier alpha value is -0.860. The Morgan fingerprint density at radius 2 is 1.95 bits per heavy atom. The van der Waals surface area contributed by atoms with Gasteiger partial charge in [0.2, 0.25) is 0 Å². The van der Waals surface area contributed by atoms with Crippen molar-refractivity contribution in [2.75, 3.05) is 19.6 Å². The summed E-state index contributed by atoms with van der Waals surface area (Å²) in [5, 5.41) is 3.61. The topological polar surface area (TPSA) is 15.3 Å². The van der Waals surface area contributed by atoms with Crippen LogP contribution in [0.5, 0.6) is 0 Å². The number of aryl methyl sites for hydroxylation is 1. The van der Waals surface area contributed by atoms with Crippen LogP contribution in [0, 0.1) is 5.92 Å². The number of nitrogens with zero attached hydrogens (tertiary/aromatic N) is 1. The van der Waals surface area contributed by atoms with E-state index < -0.39 is 0 Å². The molecule has 19 heavy (non-hydrogen) atoms. The predicted molar refractivity (Wildman–Crippen MR) is 82.3 cm³/mol. The van der Waals surface area contributed by atoms with E-state index in [1.54, 1.807) is 0 Å². The quantitative estimate of drug-likeness (QED) is 0.898. The molecule has 0 bridgehead atoms. The number of nitrogens with one attached hydrogen (secondary N) is 1. The molecule has 0 spiro atoms. The van der Waals surface area contributed by atoms with Gasteiger partial charge >= 0.3 is 0 Å². The first kappa shape index (κ1) is 14.5. The van der Waals surface area contributed by atoms with Crippen LogP contribution in [0.2, 0.25) is 0 Å². The molecule has 2 heteroatoms. The van der Waals surface area contributed by atoms with Crippen LogP contribution in [0.25, 0.3) is 0 Å². The highest BCUT2D eigenvalue weighted by molar-refractivity contribution is 5.26. The zero-order valence-electron chi connectivity index (χ0n) is 12.7. The molecule has 1 saturated heterocycles. The second kappa shape index (κ2) is 7.06. The van der Waals surface area contributed by atoms with Crippen LogP contribution >= 0.6 is 0 Å². The maximum atomic E-state index is 3.61. The molecule has 0 aliphatic carbocycles. The predicted octanol–water partition coefficient (Wildman–Crippen LogP) is 3.07. The number of hydrogen-bond donors (Lipinski definition) is 1. The van der Waals surface area contributed by atoms with Crippen LogP contribution in [0.3, 0.4) is 0 Å². The molecular formula is C17H28N2. The summed E-state index contributed by atoms with van der Waals surface area (Å²) >= 11 is 0. The highest BCUT2D eigenvalue weighted by Crippen LogP contribution is 2.15. The molecule has 1 aromatic carbocycles. The lowest BCUT2D eigenvalue weighted by Gasteiger charge is -2.31. The third-order valence-corrected chi connectivity index (χ3v) is 4.16. The Kier molecular flexibility index (Phi) is 5.41. The van der Waals surface area contributed by atoms with Crippen LogP contribution in [-0.2, 0) is 13.0 Å². The van der Waals surface area contributed by atoms with Crippen LogP contribution in [0.4, 0.5) is 0 Å². The smallest absolute Gasteiger partial charge is 0.0236 e. The normalized spacial score (nSPS) is 25.8. The van der Waals surface area contributed by atoms with Crippen molar-refractivity contribution >= 4 is 0 Å². The highest BCUT2D eigenvalue weighted by Gasteiger charge is 2.17. The van der Waals surface area contributed by atoms with E-state index >= 15 is 0 Å². The van der Waals surface area contributed by atoms with Gasteiger partial charge in [-0.25, -0.2) is 0 Å². The standard InChI is InChI=1S/C17H28N2/c1-4-16-7-5-6-8-17(16)13-19-10-9-15(3)18-11-14(2)12-19/h5-8,14-15,18H,4,9-13H2,1-3H3. The van der Waals surface area contributed by atoms with Crippen molar-refractivity contribution in [3.8, 4) is 0 Å². The zero-order chi connectivity index (χ0) is 13.7. The minimum atomic E-state index is 0.645. The van der Waals surface area contributed by atoms with Crippen molar-refractivity contribution in [3.63, 3.8) is 0 Å². The van der Waals surface area contributed by atoms with Gasteiger partial charge in [-0.15, -0.1) is 0 Å². The second-order valence-electron chi connectivity index (χ2n) is 6.06. The zero-order valence-corrected chi connectivity index (χ0v) is 12.7. The van der Waals surface area contributed by atoms with E-state index in [1.807, 2.05) is 0 Å². The van der Waals surface area contributed by atoms with Crippen molar-refractivity contribution < 1.29 is 0 Å². The van der Waals surface area contributed by atoms with E-state index in [0.29, 0.717) is 6.04 Å². The van der Waals surface area contributed by atoms with Crippen molar-refractivity contribution in [2.24, 2.45) is 5.92 Å². The van der Waals surface area contributed by atoms with Crippen LogP contribution in [0.15, 0.2) is 24.3 Å². The summed E-state index contributed by atoms with van der Waals surface area (Å²) in [4.78, 5) is 2.64. The SMILES string of the molecule is CCc1ccccc1CN1CCC(C)NCC(C)C1. The third kappa shape index (κ3) is 4.32. The molecule has 2 unspecified atom stereocenters. The van der Waals surface area contributed by atoms with Gasteiger partial charge in [-0.3, -0.25) is 4.90 Å². The molecule has 1 aromatic rings. The van der Waals surface area contributed by atoms with Gasteiger partial charge in [0.15, 0.2) is 0 Å². The van der Waals surface area contributed by atoms with Crippen LogP contribution in [0.1, 0.15) is 38.3 Å². The molecule has 1 aliphatic heterocycles. The lowest BCUT2D eigenvalue weighted by Crippen LogP contribution is -2.42. The molecule has 1 N–H and O–H groups in total. The van der Waals surface area contributed by atoms with Gasteiger partial charge < -0.3 is 5.32 Å². The van der Waals surface area contributed by atoms with Gasteiger partial charge in [-0.05, 0) is 49.9 Å². The van der Waals surface area contributed by atoms with Crippen molar-refractivity contribution in [1.82, 2.24) is 10.2 Å². The first-order valence-electron chi connectivity index (χ1n) is 7.71. The van der Waals surface area contributed by atoms with Crippen molar-refractivity contribution in [1.29, 1.82) is 0 Å². The van der Waals surface area contributed by atoms with Crippen molar-refractivity contribution in [3.05, 3.63) is 35.4 Å². The van der Waals surface area contributed by atoms with E-state index in [9.17, 15) is 0 Å². The summed E-state index contributed by atoms with van der Waals surface area (Å²) in [6.45, 7) is 11.6. The van der Waals surface area contributed by atoms with Gasteiger partial charge in [-0.1, -0.05) is 38.1 Å². The van der Waals surface area contributed by atoms with Gasteiger partial charge in [0, 0.05) is 19.1 Å². The molecule has 2 nitrogen and oxygen atoms in total. The molecule has 1 heterocycles. The summed E-state index contributed by atoms with van der Waals surface area (Å²) in [7, 11) is 0. The number of hydrogen-bond acceptors (Lipinski definition) is 2. The first-order chi connectivity index (χ1) is 9.19. The molecule has 2 atom stereocenters. The summed E-state index contributed by atoms with van der Waals surface area (Å²) in [5.74, 6) is 0.733. The lowest BCUT2D eigenvalue weighted by atomic mass is 10.0. The number of rotatable bonds is 3. The van der Waals surface area contributed by atoms with Gasteiger partial charge in [0.1, 0.15) is 0 Å². The average molecular weight is 260 g/mol. The average Bonchev–Trinajstić information content (AvgIpc) is 2.41. The van der Waals surface area contributed by atoms with E-state index in [0.717, 1.165) is 25.4 Å².